The summed E-state index contributed by atoms with van der Waals surface area (Å²) in [5, 5.41) is 9.57. The number of carbonyl (C=O) groups is 2. The second kappa shape index (κ2) is 10.0. The number of ether oxygens (including phenoxy) is 2. The van der Waals surface area contributed by atoms with Crippen LogP contribution in [0.4, 0.5) is 0 Å². The number of benzene rings is 2. The van der Waals surface area contributed by atoms with Crippen LogP contribution in [0.15, 0.2) is 71.6 Å². The summed E-state index contributed by atoms with van der Waals surface area (Å²) < 4.78 is 14.0. The van der Waals surface area contributed by atoms with Gasteiger partial charge < -0.3 is 18.6 Å². The molecule has 8 nitrogen and oxygen atoms in total. The molecular formula is C25H23BrN4O4. The molecule has 4 rings (SSSR count). The predicted octanol–water partition coefficient (Wildman–Crippen LogP) is 4.07. The Hall–Kier alpha value is -3.72. The summed E-state index contributed by atoms with van der Waals surface area (Å²) in [5.41, 5.74) is 3.45. The minimum atomic E-state index is -1.07. The van der Waals surface area contributed by atoms with E-state index < -0.39 is 18.0 Å². The van der Waals surface area contributed by atoms with E-state index in [-0.39, 0.29) is 11.9 Å². The first-order chi connectivity index (χ1) is 16.4. The molecule has 2 aromatic carbocycles. The summed E-state index contributed by atoms with van der Waals surface area (Å²) in [7, 11) is 2.49. The van der Waals surface area contributed by atoms with Crippen molar-refractivity contribution < 1.29 is 19.1 Å². The lowest BCUT2D eigenvalue weighted by molar-refractivity contribution is -0.151. The summed E-state index contributed by atoms with van der Waals surface area (Å²) in [5.74, 6) is -1.24. The van der Waals surface area contributed by atoms with E-state index in [1.54, 1.807) is 0 Å². The molecule has 0 spiro atoms. The molecule has 9 heteroatoms. The topological polar surface area (TPSA) is 99.2 Å². The molecule has 0 radical (unpaired) electrons. The van der Waals surface area contributed by atoms with Crippen LogP contribution in [0.3, 0.4) is 0 Å². The van der Waals surface area contributed by atoms with Gasteiger partial charge in [0.1, 0.15) is 17.2 Å². The van der Waals surface area contributed by atoms with Crippen molar-refractivity contribution in [2.45, 2.75) is 19.0 Å². The van der Waals surface area contributed by atoms with Gasteiger partial charge in [0, 0.05) is 22.8 Å². The average molecular weight is 523 g/mol. The number of hydrogen-bond acceptors (Lipinski definition) is 6. The van der Waals surface area contributed by atoms with Crippen LogP contribution in [0.2, 0.25) is 0 Å². The van der Waals surface area contributed by atoms with Crippen LogP contribution in [0.25, 0.3) is 22.2 Å². The van der Waals surface area contributed by atoms with E-state index in [1.165, 1.54) is 25.1 Å². The van der Waals surface area contributed by atoms with Gasteiger partial charge in [-0.05, 0) is 23.3 Å². The normalized spacial score (nSPS) is 11.9. The van der Waals surface area contributed by atoms with Crippen LogP contribution in [0.5, 0.6) is 0 Å². The summed E-state index contributed by atoms with van der Waals surface area (Å²) in [4.78, 5) is 29.1. The first kappa shape index (κ1) is 23.4. The fourth-order valence-corrected chi connectivity index (χ4v) is 4.14. The number of carbonyl (C=O) groups excluding carboxylic acids is 2. The minimum Gasteiger partial charge on any atom is -0.469 e. The van der Waals surface area contributed by atoms with Crippen LogP contribution in [0, 0.1) is 5.41 Å². The predicted molar refractivity (Wildman–Crippen MR) is 130 cm³/mol. The van der Waals surface area contributed by atoms with E-state index in [0.717, 1.165) is 21.2 Å². The van der Waals surface area contributed by atoms with E-state index >= 15 is 0 Å². The van der Waals surface area contributed by atoms with Crippen molar-refractivity contribution in [1.29, 1.82) is 5.41 Å². The lowest BCUT2D eigenvalue weighted by Gasteiger charge is -2.17. The number of nitrogens with one attached hydrogen (secondary N) is 1. The second-order valence-electron chi connectivity index (χ2n) is 7.68. The SMILES string of the molecule is COC(=O)C[C@@H](C(=O)OC)n1cnc2c(c(-c3ccccc3)cn2Cc2ccc(Br)cc2)c1=N. The number of aromatic nitrogens is 3. The molecule has 0 saturated carbocycles. The summed E-state index contributed by atoms with van der Waals surface area (Å²) >= 11 is 3.46. The fraction of sp³-hybridized carbons (Fsp3) is 0.200. The third-order valence-corrected chi connectivity index (χ3v) is 6.13. The average Bonchev–Trinajstić information content (AvgIpc) is 3.23. The molecule has 2 aromatic heterocycles. The zero-order valence-electron chi connectivity index (χ0n) is 18.7. The quantitative estimate of drug-likeness (QED) is 0.369. The molecule has 0 fully saturated rings. The van der Waals surface area contributed by atoms with Crippen LogP contribution < -0.4 is 5.49 Å². The highest BCUT2D eigenvalue weighted by Crippen LogP contribution is 2.29. The van der Waals surface area contributed by atoms with E-state index in [1.807, 2.05) is 65.4 Å². The third kappa shape index (κ3) is 4.65. The molecule has 34 heavy (non-hydrogen) atoms. The lowest BCUT2D eigenvalue weighted by atomic mass is 10.1. The Morgan fingerprint density at radius 1 is 1.06 bits per heavy atom. The van der Waals surface area contributed by atoms with Gasteiger partial charge in [0.2, 0.25) is 0 Å². The number of nitrogens with zero attached hydrogens (tertiary/aromatic N) is 3. The zero-order valence-corrected chi connectivity index (χ0v) is 20.3. The van der Waals surface area contributed by atoms with E-state index in [4.69, 9.17) is 14.9 Å². The molecule has 174 valence electrons. The number of esters is 2. The smallest absolute Gasteiger partial charge is 0.329 e. The Morgan fingerprint density at radius 3 is 2.41 bits per heavy atom. The number of rotatable bonds is 7. The van der Waals surface area contributed by atoms with Crippen LogP contribution >= 0.6 is 15.9 Å². The first-order valence-electron chi connectivity index (χ1n) is 10.5. The van der Waals surface area contributed by atoms with Crippen molar-refractivity contribution in [3.05, 3.63) is 82.6 Å². The van der Waals surface area contributed by atoms with E-state index in [0.29, 0.717) is 17.6 Å². The summed E-state index contributed by atoms with van der Waals surface area (Å²) in [6.45, 7) is 0.551. The van der Waals surface area contributed by atoms with Crippen molar-refractivity contribution in [3.8, 4) is 11.1 Å². The maximum Gasteiger partial charge on any atom is 0.329 e. The van der Waals surface area contributed by atoms with Crippen LogP contribution in [0.1, 0.15) is 18.0 Å². The third-order valence-electron chi connectivity index (χ3n) is 5.60. The van der Waals surface area contributed by atoms with E-state index in [9.17, 15) is 9.59 Å². The van der Waals surface area contributed by atoms with Gasteiger partial charge >= 0.3 is 11.9 Å². The number of methoxy groups -OCH3 is 2. The molecule has 0 unspecified atom stereocenters. The van der Waals surface area contributed by atoms with Crippen LogP contribution in [-0.2, 0) is 25.6 Å². The highest BCUT2D eigenvalue weighted by atomic mass is 79.9. The Morgan fingerprint density at radius 2 is 1.76 bits per heavy atom. The van der Waals surface area contributed by atoms with Gasteiger partial charge in [0.25, 0.3) is 0 Å². The fourth-order valence-electron chi connectivity index (χ4n) is 3.87. The van der Waals surface area contributed by atoms with Crippen molar-refractivity contribution in [2.75, 3.05) is 14.2 Å². The Kier molecular flexibility index (Phi) is 6.93. The van der Waals surface area contributed by atoms with Gasteiger partial charge in [-0.3, -0.25) is 10.2 Å². The van der Waals surface area contributed by atoms with Gasteiger partial charge in [-0.15, -0.1) is 0 Å². The number of fused-ring (bicyclic) bond motifs is 1. The molecular weight excluding hydrogens is 500 g/mol. The minimum absolute atomic E-state index is 0.0534. The monoisotopic (exact) mass is 522 g/mol. The van der Waals surface area contributed by atoms with Crippen molar-refractivity contribution >= 4 is 38.9 Å². The van der Waals surface area contributed by atoms with E-state index in [2.05, 4.69) is 20.9 Å². The maximum absolute atomic E-state index is 12.5. The molecule has 1 N–H and O–H groups in total. The van der Waals surface area contributed by atoms with Gasteiger partial charge in [-0.25, -0.2) is 9.78 Å². The first-order valence-corrected chi connectivity index (χ1v) is 11.3. The van der Waals surface area contributed by atoms with Crippen molar-refractivity contribution in [3.63, 3.8) is 0 Å². The number of halogens is 1. The molecule has 0 aliphatic rings. The largest absolute Gasteiger partial charge is 0.469 e. The molecule has 0 aliphatic heterocycles. The molecule has 0 bridgehead atoms. The molecule has 1 atom stereocenters. The van der Waals surface area contributed by atoms with Crippen molar-refractivity contribution in [2.24, 2.45) is 0 Å². The lowest BCUT2D eigenvalue weighted by Crippen LogP contribution is -2.33. The molecule has 2 heterocycles. The second-order valence-corrected chi connectivity index (χ2v) is 8.60. The number of hydrogen-bond donors (Lipinski definition) is 1. The van der Waals surface area contributed by atoms with Gasteiger partial charge in [-0.1, -0.05) is 58.4 Å². The Bertz CT molecular complexity index is 1390. The summed E-state index contributed by atoms with van der Waals surface area (Å²) in [6, 6.07) is 16.6. The summed E-state index contributed by atoms with van der Waals surface area (Å²) in [6.07, 6.45) is 3.10. The maximum atomic E-state index is 12.5. The Labute approximate surface area is 204 Å². The highest BCUT2D eigenvalue weighted by molar-refractivity contribution is 9.10. The Balaban J connectivity index is 1.91. The zero-order chi connectivity index (χ0) is 24.2. The van der Waals surface area contributed by atoms with Gasteiger partial charge in [-0.2, -0.15) is 0 Å². The highest BCUT2D eigenvalue weighted by Gasteiger charge is 2.27. The van der Waals surface area contributed by atoms with Crippen LogP contribution in [-0.4, -0.2) is 40.3 Å². The van der Waals surface area contributed by atoms with Gasteiger partial charge in [0.15, 0.2) is 0 Å². The van der Waals surface area contributed by atoms with Crippen molar-refractivity contribution in [1.82, 2.24) is 14.1 Å². The molecule has 0 aliphatic carbocycles. The standard InChI is InChI=1S/C25H23BrN4O4/c1-33-21(31)12-20(25(32)34-2)30-15-28-24-22(23(30)27)19(17-6-4-3-5-7-17)14-29(24)13-16-8-10-18(26)11-9-16/h3-11,14-15,20,27H,12-13H2,1-2H3/t20-/m0/s1. The molecule has 4 aromatic rings. The van der Waals surface area contributed by atoms with Gasteiger partial charge in [0.05, 0.1) is 32.4 Å². The molecule has 0 amide bonds. The molecule has 0 saturated heterocycles.